The molecule has 0 aliphatic carbocycles. The van der Waals surface area contributed by atoms with Crippen molar-refractivity contribution in [3.8, 4) is 0 Å². The number of halogens is 1. The van der Waals surface area contributed by atoms with E-state index in [0.29, 0.717) is 6.04 Å². The van der Waals surface area contributed by atoms with Gasteiger partial charge in [0.1, 0.15) is 0 Å². The van der Waals surface area contributed by atoms with E-state index in [2.05, 4.69) is 11.9 Å². The van der Waals surface area contributed by atoms with Crippen molar-refractivity contribution in [2.45, 2.75) is 24.9 Å². The van der Waals surface area contributed by atoms with Crippen molar-refractivity contribution in [1.29, 1.82) is 0 Å². The minimum absolute atomic E-state index is 0.0760. The number of rotatable bonds is 5. The molecule has 1 saturated heterocycles. The Hall–Kier alpha value is -0.610. The number of nitrogens with two attached hydrogens (primary N) is 1. The lowest BCUT2D eigenvalue weighted by atomic mass is 10.0. The summed E-state index contributed by atoms with van der Waals surface area (Å²) in [4.78, 5) is 2.35. The summed E-state index contributed by atoms with van der Waals surface area (Å²) in [7, 11) is 2.15. The molecule has 1 aliphatic rings. The number of likely N-dealkylation sites (N-methyl/N-ethyl adjacent to an activating group) is 1. The number of hydrogen-bond donors (Lipinski definition) is 1. The molecule has 0 radical (unpaired) electrons. The molecule has 0 amide bonds. The van der Waals surface area contributed by atoms with Gasteiger partial charge in [-0.05, 0) is 37.6 Å². The Morgan fingerprint density at radius 2 is 2.17 bits per heavy atom. The van der Waals surface area contributed by atoms with Crippen LogP contribution in [0.2, 0.25) is 5.02 Å². The predicted octanol–water partition coefficient (Wildman–Crippen LogP) is 2.45. The molecule has 0 aromatic heterocycles. The molecule has 1 aromatic rings. The molecule has 1 heterocycles. The predicted molar refractivity (Wildman–Crippen MR) is 74.9 cm³/mol. The number of nitrogens with zero attached hydrogens (tertiary/aromatic N) is 1. The minimum Gasteiger partial charge on any atom is -0.380 e. The summed E-state index contributed by atoms with van der Waals surface area (Å²) in [6.45, 7) is 2.74. The highest BCUT2D eigenvalue weighted by Crippen LogP contribution is 2.18. The summed E-state index contributed by atoms with van der Waals surface area (Å²) in [6.07, 6.45) is 2.08. The molecular weight excluding hydrogens is 248 g/mol. The van der Waals surface area contributed by atoms with Gasteiger partial charge < -0.3 is 15.4 Å². The lowest BCUT2D eigenvalue weighted by molar-refractivity contribution is 0.157. The van der Waals surface area contributed by atoms with E-state index in [-0.39, 0.29) is 6.04 Å². The van der Waals surface area contributed by atoms with E-state index >= 15 is 0 Å². The lowest BCUT2D eigenvalue weighted by Crippen LogP contribution is -2.34. The molecule has 2 unspecified atom stereocenters. The van der Waals surface area contributed by atoms with E-state index in [1.54, 1.807) is 0 Å². The summed E-state index contributed by atoms with van der Waals surface area (Å²) < 4.78 is 5.40. The normalized spacial score (nSPS) is 21.4. The van der Waals surface area contributed by atoms with Gasteiger partial charge >= 0.3 is 0 Å². The molecule has 2 rings (SSSR count). The fraction of sp³-hybridized carbons (Fsp3) is 0.571. The Labute approximate surface area is 114 Å². The van der Waals surface area contributed by atoms with Crippen molar-refractivity contribution in [2.24, 2.45) is 5.73 Å². The van der Waals surface area contributed by atoms with Crippen molar-refractivity contribution in [2.75, 3.05) is 26.8 Å². The standard InChI is InChI=1S/C14H21ClN2O/c1-17(13-7-9-18-10-13)8-6-14(16)11-2-4-12(15)5-3-11/h2-5,13-14H,6-10,16H2,1H3. The van der Waals surface area contributed by atoms with Crippen LogP contribution in [0.15, 0.2) is 24.3 Å². The zero-order valence-electron chi connectivity index (χ0n) is 10.8. The van der Waals surface area contributed by atoms with E-state index in [4.69, 9.17) is 22.1 Å². The van der Waals surface area contributed by atoms with Gasteiger partial charge in [0.05, 0.1) is 6.61 Å². The summed E-state index contributed by atoms with van der Waals surface area (Å²) in [5.74, 6) is 0. The zero-order valence-corrected chi connectivity index (χ0v) is 11.6. The molecule has 1 aromatic carbocycles. The first-order valence-corrected chi connectivity index (χ1v) is 6.83. The van der Waals surface area contributed by atoms with Crippen molar-refractivity contribution in [3.05, 3.63) is 34.9 Å². The first-order valence-electron chi connectivity index (χ1n) is 6.46. The van der Waals surface area contributed by atoms with Crippen LogP contribution in [0.5, 0.6) is 0 Å². The first-order chi connectivity index (χ1) is 8.66. The first kappa shape index (κ1) is 13.8. The number of benzene rings is 1. The van der Waals surface area contributed by atoms with Crippen LogP contribution in [0.1, 0.15) is 24.4 Å². The van der Waals surface area contributed by atoms with Crippen LogP contribution >= 0.6 is 11.6 Å². The third-order valence-electron chi connectivity index (χ3n) is 3.62. The average molecular weight is 269 g/mol. The van der Waals surface area contributed by atoms with Crippen LogP contribution < -0.4 is 5.73 Å². The SMILES string of the molecule is CN(CCC(N)c1ccc(Cl)cc1)C1CCOC1. The Morgan fingerprint density at radius 3 is 2.78 bits per heavy atom. The van der Waals surface area contributed by atoms with Crippen LogP contribution in [-0.2, 0) is 4.74 Å². The van der Waals surface area contributed by atoms with Gasteiger partial charge in [0.15, 0.2) is 0 Å². The summed E-state index contributed by atoms with van der Waals surface area (Å²) >= 11 is 5.87. The molecule has 18 heavy (non-hydrogen) atoms. The topological polar surface area (TPSA) is 38.5 Å². The van der Waals surface area contributed by atoms with Gasteiger partial charge in [0.2, 0.25) is 0 Å². The zero-order chi connectivity index (χ0) is 13.0. The Bertz CT molecular complexity index is 363. The molecular formula is C14H21ClN2O. The van der Waals surface area contributed by atoms with E-state index in [9.17, 15) is 0 Å². The largest absolute Gasteiger partial charge is 0.380 e. The lowest BCUT2D eigenvalue weighted by Gasteiger charge is -2.24. The van der Waals surface area contributed by atoms with Crippen LogP contribution in [0.4, 0.5) is 0 Å². The van der Waals surface area contributed by atoms with Gasteiger partial charge in [-0.15, -0.1) is 0 Å². The second-order valence-electron chi connectivity index (χ2n) is 4.94. The number of hydrogen-bond acceptors (Lipinski definition) is 3. The maximum absolute atomic E-state index is 6.19. The second kappa shape index (κ2) is 6.53. The molecule has 2 N–H and O–H groups in total. The molecule has 0 saturated carbocycles. The molecule has 1 aliphatic heterocycles. The van der Waals surface area contributed by atoms with Crippen LogP contribution in [0, 0.1) is 0 Å². The van der Waals surface area contributed by atoms with Crippen molar-refractivity contribution in [3.63, 3.8) is 0 Å². The maximum Gasteiger partial charge on any atom is 0.0622 e. The molecule has 0 spiro atoms. The Kier molecular flexibility index (Phi) is 5.01. The number of ether oxygens (including phenoxy) is 1. The quantitative estimate of drug-likeness (QED) is 0.892. The van der Waals surface area contributed by atoms with Crippen LogP contribution in [0.25, 0.3) is 0 Å². The molecule has 0 bridgehead atoms. The summed E-state index contributed by atoms with van der Waals surface area (Å²) in [5, 5.41) is 0.756. The monoisotopic (exact) mass is 268 g/mol. The smallest absolute Gasteiger partial charge is 0.0622 e. The second-order valence-corrected chi connectivity index (χ2v) is 5.38. The highest BCUT2D eigenvalue weighted by Gasteiger charge is 2.20. The van der Waals surface area contributed by atoms with Crippen molar-refractivity contribution in [1.82, 2.24) is 4.90 Å². The van der Waals surface area contributed by atoms with Gasteiger partial charge in [-0.25, -0.2) is 0 Å². The van der Waals surface area contributed by atoms with Gasteiger partial charge in [-0.1, -0.05) is 23.7 Å². The van der Waals surface area contributed by atoms with Gasteiger partial charge in [0, 0.05) is 30.3 Å². The molecule has 3 nitrogen and oxygen atoms in total. The molecule has 2 atom stereocenters. The van der Waals surface area contributed by atoms with Gasteiger partial charge in [-0.3, -0.25) is 0 Å². The van der Waals surface area contributed by atoms with E-state index < -0.39 is 0 Å². The molecule has 1 fully saturated rings. The third-order valence-corrected chi connectivity index (χ3v) is 3.87. The van der Waals surface area contributed by atoms with Gasteiger partial charge in [0.25, 0.3) is 0 Å². The third kappa shape index (κ3) is 3.69. The highest BCUT2D eigenvalue weighted by atomic mass is 35.5. The molecule has 100 valence electrons. The van der Waals surface area contributed by atoms with E-state index in [0.717, 1.165) is 43.2 Å². The Morgan fingerprint density at radius 1 is 1.44 bits per heavy atom. The van der Waals surface area contributed by atoms with Gasteiger partial charge in [-0.2, -0.15) is 0 Å². The highest BCUT2D eigenvalue weighted by molar-refractivity contribution is 6.30. The summed E-state index contributed by atoms with van der Waals surface area (Å²) in [6, 6.07) is 8.43. The maximum atomic E-state index is 6.19. The molecule has 4 heteroatoms. The van der Waals surface area contributed by atoms with Crippen molar-refractivity contribution < 1.29 is 4.74 Å². The summed E-state index contributed by atoms with van der Waals surface area (Å²) in [5.41, 5.74) is 7.34. The fourth-order valence-corrected chi connectivity index (χ4v) is 2.40. The fourth-order valence-electron chi connectivity index (χ4n) is 2.27. The van der Waals surface area contributed by atoms with E-state index in [1.165, 1.54) is 0 Å². The minimum atomic E-state index is 0.0760. The van der Waals surface area contributed by atoms with Crippen molar-refractivity contribution >= 4 is 11.6 Å². The Balaban J connectivity index is 1.80. The van der Waals surface area contributed by atoms with Crippen LogP contribution in [-0.4, -0.2) is 37.7 Å². The van der Waals surface area contributed by atoms with E-state index in [1.807, 2.05) is 24.3 Å². The van der Waals surface area contributed by atoms with Crippen LogP contribution in [0.3, 0.4) is 0 Å². The average Bonchev–Trinajstić information content (AvgIpc) is 2.90.